The number of nitrogens with zero attached hydrogens (tertiary/aromatic N) is 1. The molecule has 1 heterocycles. The Kier molecular flexibility index (Phi) is 3.70. The van der Waals surface area contributed by atoms with Gasteiger partial charge in [-0.15, -0.1) is 0 Å². The quantitative estimate of drug-likeness (QED) is 0.792. The molecule has 5 heteroatoms. The van der Waals surface area contributed by atoms with Crippen molar-refractivity contribution in [2.24, 2.45) is 0 Å². The molecular formula is C15H17F2NO2. The summed E-state index contributed by atoms with van der Waals surface area (Å²) in [5.74, 6) is -2.15. The van der Waals surface area contributed by atoms with Crippen LogP contribution in [0.5, 0.6) is 0 Å². The van der Waals surface area contributed by atoms with Crippen LogP contribution in [0.3, 0.4) is 0 Å². The van der Waals surface area contributed by atoms with E-state index >= 15 is 0 Å². The van der Waals surface area contributed by atoms with Crippen LogP contribution in [0.25, 0.3) is 0 Å². The molecule has 3 rings (SSSR count). The van der Waals surface area contributed by atoms with Crippen molar-refractivity contribution in [3.63, 3.8) is 0 Å². The minimum Gasteiger partial charge on any atom is -0.374 e. The van der Waals surface area contributed by atoms with Crippen molar-refractivity contribution in [2.75, 3.05) is 13.2 Å². The molecule has 2 aliphatic rings. The number of ether oxygens (including phenoxy) is 1. The van der Waals surface area contributed by atoms with Crippen LogP contribution in [0.4, 0.5) is 8.78 Å². The van der Waals surface area contributed by atoms with E-state index in [9.17, 15) is 13.6 Å². The third-order valence-corrected chi connectivity index (χ3v) is 4.16. The maximum Gasteiger partial charge on any atom is 0.254 e. The van der Waals surface area contributed by atoms with Crippen LogP contribution in [0.15, 0.2) is 18.2 Å². The number of rotatable bonds is 1. The van der Waals surface area contributed by atoms with Gasteiger partial charge in [-0.2, -0.15) is 0 Å². The molecule has 1 aromatic rings. The van der Waals surface area contributed by atoms with Crippen molar-refractivity contribution in [1.29, 1.82) is 0 Å². The molecule has 0 N–H and O–H groups in total. The molecule has 0 radical (unpaired) electrons. The molecule has 2 atom stereocenters. The lowest BCUT2D eigenvalue weighted by molar-refractivity contribution is -0.0752. The highest BCUT2D eigenvalue weighted by Crippen LogP contribution is 2.29. The Morgan fingerprint density at radius 2 is 2.00 bits per heavy atom. The number of hydrogen-bond donors (Lipinski definition) is 0. The van der Waals surface area contributed by atoms with E-state index in [1.807, 2.05) is 0 Å². The first-order valence-electron chi connectivity index (χ1n) is 7.04. The number of fused-ring (bicyclic) bond motifs is 1. The van der Waals surface area contributed by atoms with Gasteiger partial charge in [0.15, 0.2) is 11.6 Å². The zero-order valence-corrected chi connectivity index (χ0v) is 11.1. The van der Waals surface area contributed by atoms with Gasteiger partial charge in [-0.25, -0.2) is 8.78 Å². The second-order valence-electron chi connectivity index (χ2n) is 5.39. The van der Waals surface area contributed by atoms with E-state index < -0.39 is 11.6 Å². The van der Waals surface area contributed by atoms with Crippen molar-refractivity contribution in [3.05, 3.63) is 35.4 Å². The molecule has 0 aromatic heterocycles. The van der Waals surface area contributed by atoms with E-state index in [1.165, 1.54) is 6.07 Å². The molecule has 1 aliphatic carbocycles. The van der Waals surface area contributed by atoms with Gasteiger partial charge in [0.1, 0.15) is 0 Å². The van der Waals surface area contributed by atoms with Gasteiger partial charge in [0.2, 0.25) is 0 Å². The van der Waals surface area contributed by atoms with Crippen molar-refractivity contribution in [2.45, 2.75) is 37.8 Å². The Labute approximate surface area is 116 Å². The van der Waals surface area contributed by atoms with E-state index in [2.05, 4.69) is 0 Å². The summed E-state index contributed by atoms with van der Waals surface area (Å²) < 4.78 is 31.9. The second-order valence-corrected chi connectivity index (χ2v) is 5.39. The first-order valence-corrected chi connectivity index (χ1v) is 7.04. The smallest absolute Gasteiger partial charge is 0.254 e. The van der Waals surface area contributed by atoms with E-state index in [0.717, 1.165) is 37.8 Å². The summed E-state index contributed by atoms with van der Waals surface area (Å²) in [4.78, 5) is 14.3. The van der Waals surface area contributed by atoms with Gasteiger partial charge in [0.05, 0.1) is 18.8 Å². The lowest BCUT2D eigenvalue weighted by Gasteiger charge is -2.43. The number of halogens is 2. The fourth-order valence-electron chi connectivity index (χ4n) is 3.14. The van der Waals surface area contributed by atoms with Crippen LogP contribution in [0.2, 0.25) is 0 Å². The molecule has 108 valence electrons. The zero-order chi connectivity index (χ0) is 14.1. The van der Waals surface area contributed by atoms with Crippen LogP contribution >= 0.6 is 0 Å². The third-order valence-electron chi connectivity index (χ3n) is 4.16. The SMILES string of the molecule is O=C(c1ccc(F)c(F)c1)N1CCO[C@@H]2CCCC[C@@H]21. The summed E-state index contributed by atoms with van der Waals surface area (Å²) in [6, 6.07) is 3.39. The van der Waals surface area contributed by atoms with E-state index in [4.69, 9.17) is 4.74 Å². The average molecular weight is 281 g/mol. The topological polar surface area (TPSA) is 29.5 Å². The van der Waals surface area contributed by atoms with Crippen LogP contribution in [-0.4, -0.2) is 36.1 Å². The van der Waals surface area contributed by atoms with E-state index in [0.29, 0.717) is 13.2 Å². The molecule has 0 spiro atoms. The van der Waals surface area contributed by atoms with Gasteiger partial charge in [0, 0.05) is 12.1 Å². The highest BCUT2D eigenvalue weighted by Gasteiger charge is 2.37. The van der Waals surface area contributed by atoms with Gasteiger partial charge in [0.25, 0.3) is 5.91 Å². The second kappa shape index (κ2) is 5.48. The normalized spacial score (nSPS) is 26.2. The van der Waals surface area contributed by atoms with Gasteiger partial charge < -0.3 is 9.64 Å². The number of amides is 1. The molecule has 1 aromatic carbocycles. The Morgan fingerprint density at radius 1 is 1.20 bits per heavy atom. The fraction of sp³-hybridized carbons (Fsp3) is 0.533. The Bertz CT molecular complexity index is 519. The Balaban J connectivity index is 1.83. The minimum absolute atomic E-state index is 0.0677. The highest BCUT2D eigenvalue weighted by atomic mass is 19.2. The highest BCUT2D eigenvalue weighted by molar-refractivity contribution is 5.94. The summed E-state index contributed by atoms with van der Waals surface area (Å²) in [6.45, 7) is 1.02. The zero-order valence-electron chi connectivity index (χ0n) is 11.1. The Morgan fingerprint density at radius 3 is 2.80 bits per heavy atom. The summed E-state index contributed by atoms with van der Waals surface area (Å²) in [6.07, 6.45) is 4.17. The number of morpholine rings is 1. The third kappa shape index (κ3) is 2.42. The van der Waals surface area contributed by atoms with Gasteiger partial charge >= 0.3 is 0 Å². The monoisotopic (exact) mass is 281 g/mol. The lowest BCUT2D eigenvalue weighted by atomic mass is 9.89. The summed E-state index contributed by atoms with van der Waals surface area (Å²) in [5.41, 5.74) is 0.204. The molecule has 1 saturated heterocycles. The largest absolute Gasteiger partial charge is 0.374 e. The molecule has 0 unspecified atom stereocenters. The molecule has 2 fully saturated rings. The number of benzene rings is 1. The molecule has 1 saturated carbocycles. The summed E-state index contributed by atoms with van der Waals surface area (Å²) >= 11 is 0. The van der Waals surface area contributed by atoms with Crippen molar-refractivity contribution >= 4 is 5.91 Å². The maximum atomic E-state index is 13.3. The molecule has 1 aliphatic heterocycles. The molecule has 20 heavy (non-hydrogen) atoms. The van der Waals surface area contributed by atoms with Crippen molar-refractivity contribution < 1.29 is 18.3 Å². The standard InChI is InChI=1S/C15H17F2NO2/c16-11-6-5-10(9-12(11)17)15(19)18-7-8-20-14-4-2-1-3-13(14)18/h5-6,9,13-14H,1-4,7-8H2/t13-,14+/m0/s1. The molecular weight excluding hydrogens is 264 g/mol. The number of carbonyl (C=O) groups is 1. The summed E-state index contributed by atoms with van der Waals surface area (Å²) in [5, 5.41) is 0. The predicted octanol–water partition coefficient (Wildman–Crippen LogP) is 2.75. The van der Waals surface area contributed by atoms with Gasteiger partial charge in [-0.3, -0.25) is 4.79 Å². The molecule has 3 nitrogen and oxygen atoms in total. The van der Waals surface area contributed by atoms with Crippen LogP contribution < -0.4 is 0 Å². The number of carbonyl (C=O) groups excluding carboxylic acids is 1. The average Bonchev–Trinajstić information content (AvgIpc) is 2.49. The molecule has 0 bridgehead atoms. The van der Waals surface area contributed by atoms with E-state index in [1.54, 1.807) is 4.90 Å². The van der Waals surface area contributed by atoms with Crippen LogP contribution in [0, 0.1) is 11.6 Å². The van der Waals surface area contributed by atoms with Gasteiger partial charge in [-0.1, -0.05) is 12.8 Å². The number of hydrogen-bond acceptors (Lipinski definition) is 2. The Hall–Kier alpha value is -1.49. The van der Waals surface area contributed by atoms with Crippen molar-refractivity contribution in [1.82, 2.24) is 4.90 Å². The minimum atomic E-state index is -0.982. The van der Waals surface area contributed by atoms with E-state index in [-0.39, 0.29) is 23.6 Å². The van der Waals surface area contributed by atoms with Crippen LogP contribution in [0.1, 0.15) is 36.0 Å². The lowest BCUT2D eigenvalue weighted by Crippen LogP contribution is -2.54. The van der Waals surface area contributed by atoms with Gasteiger partial charge in [-0.05, 0) is 31.0 Å². The predicted molar refractivity (Wildman–Crippen MR) is 69.4 cm³/mol. The fourth-order valence-corrected chi connectivity index (χ4v) is 3.14. The summed E-state index contributed by atoms with van der Waals surface area (Å²) in [7, 11) is 0. The molecule has 1 amide bonds. The van der Waals surface area contributed by atoms with Crippen molar-refractivity contribution in [3.8, 4) is 0 Å². The first-order chi connectivity index (χ1) is 9.66. The van der Waals surface area contributed by atoms with Crippen LogP contribution in [-0.2, 0) is 4.74 Å². The first kappa shape index (κ1) is 13.5. The maximum absolute atomic E-state index is 13.3.